The Hall–Kier alpha value is -1.98. The molecule has 2 aromatic rings. The Kier molecular flexibility index (Phi) is 5.89. The maximum absolute atomic E-state index is 12.5. The molecule has 0 aliphatic carbocycles. The largest absolute Gasteiger partial charge is 0.493 e. The van der Waals surface area contributed by atoms with Crippen LogP contribution in [-0.4, -0.2) is 30.6 Å². The number of methoxy groups -OCH3 is 1. The van der Waals surface area contributed by atoms with E-state index in [1.165, 1.54) is 10.4 Å². The summed E-state index contributed by atoms with van der Waals surface area (Å²) < 4.78 is 11.1. The predicted molar refractivity (Wildman–Crippen MR) is 106 cm³/mol. The van der Waals surface area contributed by atoms with Crippen molar-refractivity contribution in [2.45, 2.75) is 32.9 Å². The maximum atomic E-state index is 12.5. The van der Waals surface area contributed by atoms with Gasteiger partial charge in [0.05, 0.1) is 18.2 Å². The van der Waals surface area contributed by atoms with Crippen LogP contribution in [0.5, 0.6) is 11.5 Å². The monoisotopic (exact) mass is 391 g/mol. The quantitative estimate of drug-likeness (QED) is 0.687. The van der Waals surface area contributed by atoms with Gasteiger partial charge in [-0.25, -0.2) is 0 Å². The molecule has 1 aromatic heterocycles. The van der Waals surface area contributed by atoms with Gasteiger partial charge in [-0.3, -0.25) is 4.79 Å². The molecule has 0 radical (unpaired) electrons. The first kappa shape index (κ1) is 18.8. The van der Waals surface area contributed by atoms with Crippen LogP contribution in [0, 0.1) is 0 Å². The second-order valence-corrected chi connectivity index (χ2v) is 7.82. The maximum Gasteiger partial charge on any atom is 0.246 e. The van der Waals surface area contributed by atoms with Gasteiger partial charge >= 0.3 is 0 Å². The van der Waals surface area contributed by atoms with E-state index in [9.17, 15) is 4.79 Å². The van der Waals surface area contributed by atoms with Gasteiger partial charge in [0.15, 0.2) is 11.5 Å². The molecule has 3 rings (SSSR count). The smallest absolute Gasteiger partial charge is 0.246 e. The van der Waals surface area contributed by atoms with Crippen LogP contribution in [0.2, 0.25) is 5.02 Å². The molecular formula is C20H22ClNO3S. The molecule has 2 heterocycles. The summed E-state index contributed by atoms with van der Waals surface area (Å²) in [6, 6.07) is 5.69. The van der Waals surface area contributed by atoms with Crippen LogP contribution in [0.25, 0.3) is 6.08 Å². The molecule has 0 spiro atoms. The van der Waals surface area contributed by atoms with Crippen LogP contribution in [0.3, 0.4) is 0 Å². The van der Waals surface area contributed by atoms with Crippen molar-refractivity contribution < 1.29 is 14.3 Å². The Bertz CT molecular complexity index is 828. The van der Waals surface area contributed by atoms with Crippen LogP contribution in [0.4, 0.5) is 0 Å². The lowest BCUT2D eigenvalue weighted by Crippen LogP contribution is -2.34. The van der Waals surface area contributed by atoms with E-state index in [2.05, 4.69) is 11.4 Å². The highest BCUT2D eigenvalue weighted by molar-refractivity contribution is 7.10. The van der Waals surface area contributed by atoms with E-state index < -0.39 is 0 Å². The van der Waals surface area contributed by atoms with E-state index in [0.29, 0.717) is 23.1 Å². The van der Waals surface area contributed by atoms with Crippen molar-refractivity contribution in [1.29, 1.82) is 0 Å². The fraction of sp³-hybridized carbons (Fsp3) is 0.350. The molecule has 0 fully saturated rings. The van der Waals surface area contributed by atoms with Crippen LogP contribution >= 0.6 is 22.9 Å². The van der Waals surface area contributed by atoms with E-state index in [4.69, 9.17) is 21.1 Å². The van der Waals surface area contributed by atoms with Crippen molar-refractivity contribution >= 4 is 34.9 Å². The number of hydrogen-bond acceptors (Lipinski definition) is 4. The first-order valence-corrected chi connectivity index (χ1v) is 9.80. The van der Waals surface area contributed by atoms with E-state index in [0.717, 1.165) is 18.5 Å². The Morgan fingerprint density at radius 3 is 2.92 bits per heavy atom. The fourth-order valence-corrected chi connectivity index (χ4v) is 4.05. The number of thiophene rings is 1. The Balaban J connectivity index is 1.74. The molecule has 0 atom stereocenters. The number of halogens is 1. The minimum Gasteiger partial charge on any atom is -0.493 e. The predicted octanol–water partition coefficient (Wildman–Crippen LogP) is 4.80. The molecule has 1 aliphatic rings. The first-order valence-electron chi connectivity index (χ1n) is 8.54. The molecule has 0 saturated heterocycles. The number of hydrogen-bond donors (Lipinski definition) is 0. The van der Waals surface area contributed by atoms with Crippen LogP contribution in [-0.2, 0) is 17.8 Å². The minimum atomic E-state index is -0.00883. The van der Waals surface area contributed by atoms with Gasteiger partial charge < -0.3 is 14.4 Å². The Labute approximate surface area is 163 Å². The number of carbonyl (C=O) groups excluding carboxylic acids is 1. The standard InChI is InChI=1S/C20H22ClNO3S/c1-13(2)25-20-16(21)10-14(11-17(20)24-3)4-5-19(23)22-8-6-18-15(12-22)7-9-26-18/h4-5,7,9-11,13H,6,8,12H2,1-3H3/b5-4+. The SMILES string of the molecule is COc1cc(/C=C/C(=O)N2CCc3sccc3C2)cc(Cl)c1OC(C)C. The van der Waals surface area contributed by atoms with Crippen molar-refractivity contribution in [3.05, 3.63) is 50.7 Å². The number of carbonyl (C=O) groups is 1. The number of benzene rings is 1. The third-order valence-corrected chi connectivity index (χ3v) is 5.45. The first-order chi connectivity index (χ1) is 12.5. The molecule has 1 aromatic carbocycles. The summed E-state index contributed by atoms with van der Waals surface area (Å²) in [6.45, 7) is 5.29. The Morgan fingerprint density at radius 2 is 2.19 bits per heavy atom. The lowest BCUT2D eigenvalue weighted by Gasteiger charge is -2.25. The van der Waals surface area contributed by atoms with E-state index in [1.807, 2.05) is 24.8 Å². The van der Waals surface area contributed by atoms with Crippen LogP contribution in [0.1, 0.15) is 29.9 Å². The molecule has 138 valence electrons. The van der Waals surface area contributed by atoms with Crippen molar-refractivity contribution in [2.24, 2.45) is 0 Å². The van der Waals surface area contributed by atoms with Gasteiger partial charge in [0.1, 0.15) is 0 Å². The zero-order valence-corrected chi connectivity index (χ0v) is 16.7. The number of ether oxygens (including phenoxy) is 2. The third kappa shape index (κ3) is 4.22. The van der Waals surface area contributed by atoms with Crippen molar-refractivity contribution in [1.82, 2.24) is 4.90 Å². The van der Waals surface area contributed by atoms with E-state index in [-0.39, 0.29) is 12.0 Å². The summed E-state index contributed by atoms with van der Waals surface area (Å²) in [6.07, 6.45) is 4.27. The molecule has 26 heavy (non-hydrogen) atoms. The topological polar surface area (TPSA) is 38.8 Å². The summed E-state index contributed by atoms with van der Waals surface area (Å²) in [7, 11) is 1.57. The van der Waals surface area contributed by atoms with Gasteiger partial charge in [0.2, 0.25) is 5.91 Å². The highest BCUT2D eigenvalue weighted by Crippen LogP contribution is 2.37. The highest BCUT2D eigenvalue weighted by Gasteiger charge is 2.20. The average Bonchev–Trinajstić information content (AvgIpc) is 3.08. The van der Waals surface area contributed by atoms with Crippen molar-refractivity contribution in [3.63, 3.8) is 0 Å². The number of nitrogens with zero attached hydrogens (tertiary/aromatic N) is 1. The molecule has 4 nitrogen and oxygen atoms in total. The van der Waals surface area contributed by atoms with Crippen LogP contribution in [0.15, 0.2) is 29.7 Å². The molecule has 0 bridgehead atoms. The number of rotatable bonds is 5. The second kappa shape index (κ2) is 8.14. The molecule has 1 aliphatic heterocycles. The lowest BCUT2D eigenvalue weighted by atomic mass is 10.1. The molecule has 0 saturated carbocycles. The van der Waals surface area contributed by atoms with Crippen LogP contribution < -0.4 is 9.47 Å². The third-order valence-electron chi connectivity index (χ3n) is 4.14. The summed E-state index contributed by atoms with van der Waals surface area (Å²) in [4.78, 5) is 15.8. The van der Waals surface area contributed by atoms with Gasteiger partial charge in [-0.1, -0.05) is 11.6 Å². The second-order valence-electron chi connectivity index (χ2n) is 6.41. The zero-order valence-electron chi connectivity index (χ0n) is 15.1. The van der Waals surface area contributed by atoms with E-state index >= 15 is 0 Å². The van der Waals surface area contributed by atoms with Gasteiger partial charge in [-0.15, -0.1) is 11.3 Å². The van der Waals surface area contributed by atoms with Crippen molar-refractivity contribution in [3.8, 4) is 11.5 Å². The van der Waals surface area contributed by atoms with Crippen molar-refractivity contribution in [2.75, 3.05) is 13.7 Å². The molecular weight excluding hydrogens is 370 g/mol. The minimum absolute atomic E-state index is 0.000513. The summed E-state index contributed by atoms with van der Waals surface area (Å²) in [5.41, 5.74) is 2.05. The number of fused-ring (bicyclic) bond motifs is 1. The Morgan fingerprint density at radius 1 is 1.38 bits per heavy atom. The fourth-order valence-electron chi connectivity index (χ4n) is 2.90. The molecule has 0 unspecified atom stereocenters. The molecule has 0 N–H and O–H groups in total. The number of amides is 1. The van der Waals surface area contributed by atoms with Gasteiger partial charge in [0, 0.05) is 24.0 Å². The summed E-state index contributed by atoms with van der Waals surface area (Å²) in [5.74, 6) is 1.08. The van der Waals surface area contributed by atoms with Gasteiger partial charge in [0.25, 0.3) is 0 Å². The average molecular weight is 392 g/mol. The summed E-state index contributed by atoms with van der Waals surface area (Å²) >= 11 is 8.10. The van der Waals surface area contributed by atoms with Gasteiger partial charge in [-0.05, 0) is 61.1 Å². The normalized spacial score (nSPS) is 14.0. The molecule has 1 amide bonds. The highest BCUT2D eigenvalue weighted by atomic mass is 35.5. The van der Waals surface area contributed by atoms with Gasteiger partial charge in [-0.2, -0.15) is 0 Å². The van der Waals surface area contributed by atoms with E-state index in [1.54, 1.807) is 36.7 Å². The summed E-state index contributed by atoms with van der Waals surface area (Å²) in [5, 5.41) is 2.55. The lowest BCUT2D eigenvalue weighted by molar-refractivity contribution is -0.126. The molecule has 6 heteroatoms. The zero-order chi connectivity index (χ0) is 18.7.